The Morgan fingerprint density at radius 1 is 1.30 bits per heavy atom. The molecule has 23 heavy (non-hydrogen) atoms. The van der Waals surface area contributed by atoms with Crippen LogP contribution in [0, 0.1) is 11.3 Å². The number of Topliss-reactive ketones (excluding diaryl/α,β-unsaturated/α-hetero) is 1. The maximum absolute atomic E-state index is 12.3. The van der Waals surface area contributed by atoms with Crippen LogP contribution >= 0.6 is 0 Å². The van der Waals surface area contributed by atoms with Gasteiger partial charge in [0.15, 0.2) is 0 Å². The molecule has 1 saturated heterocycles. The van der Waals surface area contributed by atoms with Crippen LogP contribution < -0.4 is 0 Å². The summed E-state index contributed by atoms with van der Waals surface area (Å²) in [5.74, 6) is -5.43. The number of carbonyl (C=O) groups is 2. The van der Waals surface area contributed by atoms with Gasteiger partial charge in [0.2, 0.25) is 11.6 Å². The molecule has 3 N–H and O–H groups in total. The largest absolute Gasteiger partial charge is 0.455 e. The first-order chi connectivity index (χ1) is 10.8. The van der Waals surface area contributed by atoms with Crippen molar-refractivity contribution in [3.05, 3.63) is 35.9 Å². The molecule has 1 spiro atoms. The van der Waals surface area contributed by atoms with Crippen molar-refractivity contribution in [1.29, 1.82) is 0 Å². The maximum atomic E-state index is 12.3. The molecule has 0 radical (unpaired) electrons. The van der Waals surface area contributed by atoms with Crippen LogP contribution in [-0.4, -0.2) is 57.3 Å². The molecular weight excluding hydrogens is 304 g/mol. The first-order valence-corrected chi connectivity index (χ1v) is 7.34. The number of rotatable bonds is 2. The second-order valence-corrected chi connectivity index (χ2v) is 6.58. The van der Waals surface area contributed by atoms with Crippen molar-refractivity contribution >= 4 is 11.8 Å². The molecule has 1 aromatic carbocycles. The van der Waals surface area contributed by atoms with E-state index in [9.17, 15) is 24.9 Å². The third-order valence-electron chi connectivity index (χ3n) is 5.65. The summed E-state index contributed by atoms with van der Waals surface area (Å²) in [6, 6.07) is 8.15. The third-order valence-corrected chi connectivity index (χ3v) is 5.65. The number of hydrogen-bond acceptors (Lipinski definition) is 7. The molecule has 2 aliphatic carbocycles. The zero-order chi connectivity index (χ0) is 16.6. The lowest BCUT2D eigenvalue weighted by Gasteiger charge is -2.41. The summed E-state index contributed by atoms with van der Waals surface area (Å²) in [7, 11) is 0. The third kappa shape index (κ3) is 1.48. The predicted octanol–water partition coefficient (Wildman–Crippen LogP) is -0.758. The standard InChI is InChI=1S/C16H16O7/c1-14-12(23-13(19)8-5-3-2-4-6-8)10(17)9(15(14)7-22-15)11(18)16(14,20)21/h2-6,9-10,12,17,20-21H,7H2,1H3/t9-,10?,12+,14+,15+/m1/s1. The molecule has 7 nitrogen and oxygen atoms in total. The summed E-state index contributed by atoms with van der Waals surface area (Å²) in [5, 5.41) is 31.0. The van der Waals surface area contributed by atoms with Crippen LogP contribution in [0.2, 0.25) is 0 Å². The van der Waals surface area contributed by atoms with Crippen molar-refractivity contribution in [2.24, 2.45) is 11.3 Å². The number of ether oxygens (including phenoxy) is 2. The van der Waals surface area contributed by atoms with E-state index in [0.29, 0.717) is 0 Å². The molecule has 5 atom stereocenters. The average molecular weight is 320 g/mol. The Hall–Kier alpha value is -1.80. The minimum absolute atomic E-state index is 0.110. The molecule has 3 aliphatic rings. The van der Waals surface area contributed by atoms with Gasteiger partial charge in [-0.05, 0) is 19.1 Å². The number of benzene rings is 1. The van der Waals surface area contributed by atoms with Gasteiger partial charge in [-0.15, -0.1) is 0 Å². The molecule has 1 heterocycles. The molecule has 0 aromatic heterocycles. The first kappa shape index (κ1) is 14.8. The maximum Gasteiger partial charge on any atom is 0.338 e. The van der Waals surface area contributed by atoms with Gasteiger partial charge in [-0.1, -0.05) is 18.2 Å². The monoisotopic (exact) mass is 320 g/mol. The predicted molar refractivity (Wildman–Crippen MR) is 74.1 cm³/mol. The zero-order valence-corrected chi connectivity index (χ0v) is 12.3. The number of hydrogen-bond donors (Lipinski definition) is 3. The van der Waals surface area contributed by atoms with Crippen LogP contribution in [0.25, 0.3) is 0 Å². The molecule has 4 rings (SSSR count). The molecule has 0 amide bonds. The smallest absolute Gasteiger partial charge is 0.338 e. The summed E-state index contributed by atoms with van der Waals surface area (Å²) in [4.78, 5) is 24.4. The van der Waals surface area contributed by atoms with Crippen molar-refractivity contribution in [2.45, 2.75) is 30.5 Å². The lowest BCUT2D eigenvalue weighted by Crippen LogP contribution is -2.62. The molecule has 1 unspecified atom stereocenters. The fourth-order valence-corrected chi connectivity index (χ4v) is 4.19. The van der Waals surface area contributed by atoms with E-state index in [-0.39, 0.29) is 12.2 Å². The normalized spacial score (nSPS) is 43.0. The number of epoxide rings is 1. The van der Waals surface area contributed by atoms with Gasteiger partial charge < -0.3 is 24.8 Å². The average Bonchev–Trinajstić information content (AvgIpc) is 3.28. The van der Waals surface area contributed by atoms with Crippen molar-refractivity contribution in [3.8, 4) is 0 Å². The van der Waals surface area contributed by atoms with Crippen molar-refractivity contribution < 1.29 is 34.4 Å². The quantitative estimate of drug-likeness (QED) is 0.372. The van der Waals surface area contributed by atoms with E-state index < -0.39 is 46.7 Å². The minimum atomic E-state index is -2.71. The van der Waals surface area contributed by atoms with Gasteiger partial charge in [0.1, 0.15) is 23.2 Å². The van der Waals surface area contributed by atoms with Gasteiger partial charge in [-0.3, -0.25) is 4.79 Å². The van der Waals surface area contributed by atoms with Gasteiger partial charge >= 0.3 is 5.97 Å². The molecule has 3 fully saturated rings. The fraction of sp³-hybridized carbons (Fsp3) is 0.500. The van der Waals surface area contributed by atoms with Crippen LogP contribution in [0.3, 0.4) is 0 Å². The number of aliphatic hydroxyl groups excluding tert-OH is 1. The summed E-state index contributed by atoms with van der Waals surface area (Å²) >= 11 is 0. The van der Waals surface area contributed by atoms with E-state index in [1.807, 2.05) is 0 Å². The summed E-state index contributed by atoms with van der Waals surface area (Å²) in [6.45, 7) is 1.51. The molecule has 122 valence electrons. The van der Waals surface area contributed by atoms with Gasteiger partial charge in [0.25, 0.3) is 0 Å². The second-order valence-electron chi connectivity index (χ2n) is 6.58. The molecule has 1 aromatic rings. The van der Waals surface area contributed by atoms with E-state index in [4.69, 9.17) is 9.47 Å². The lowest BCUT2D eigenvalue weighted by atomic mass is 9.73. The number of carbonyl (C=O) groups excluding carboxylic acids is 2. The SMILES string of the molecule is C[C@@]12[C@@H](OC(=O)c3ccccc3)C(O)[C@H](C(=O)C1(O)O)[C@@]21CO1. The van der Waals surface area contributed by atoms with E-state index in [2.05, 4.69) is 0 Å². The Morgan fingerprint density at radius 3 is 2.43 bits per heavy atom. The summed E-state index contributed by atoms with van der Waals surface area (Å²) in [6.07, 6.45) is -2.59. The Balaban J connectivity index is 1.71. The van der Waals surface area contributed by atoms with E-state index in [1.165, 1.54) is 6.92 Å². The number of aliphatic hydroxyl groups is 3. The van der Waals surface area contributed by atoms with Gasteiger partial charge in [0.05, 0.1) is 18.1 Å². The minimum Gasteiger partial charge on any atom is -0.455 e. The van der Waals surface area contributed by atoms with Gasteiger partial charge in [0, 0.05) is 0 Å². The molecule has 2 saturated carbocycles. The van der Waals surface area contributed by atoms with Crippen LogP contribution in [-0.2, 0) is 14.3 Å². The highest BCUT2D eigenvalue weighted by atomic mass is 16.6. The molecule has 1 aliphatic heterocycles. The number of esters is 1. The summed E-state index contributed by atoms with van der Waals surface area (Å²) < 4.78 is 10.7. The zero-order valence-electron chi connectivity index (χ0n) is 12.3. The molecule has 7 heteroatoms. The van der Waals surface area contributed by atoms with Crippen molar-refractivity contribution in [2.75, 3.05) is 6.61 Å². The van der Waals surface area contributed by atoms with Gasteiger partial charge in [-0.2, -0.15) is 0 Å². The van der Waals surface area contributed by atoms with Gasteiger partial charge in [-0.25, -0.2) is 4.79 Å². The van der Waals surface area contributed by atoms with E-state index in [0.717, 1.165) is 0 Å². The topological polar surface area (TPSA) is 117 Å². The van der Waals surface area contributed by atoms with E-state index >= 15 is 0 Å². The van der Waals surface area contributed by atoms with Crippen LogP contribution in [0.15, 0.2) is 30.3 Å². The fourth-order valence-electron chi connectivity index (χ4n) is 4.19. The Kier molecular flexibility index (Phi) is 2.69. The highest BCUT2D eigenvalue weighted by Crippen LogP contribution is 2.70. The lowest BCUT2D eigenvalue weighted by molar-refractivity contribution is -0.255. The van der Waals surface area contributed by atoms with Crippen LogP contribution in [0.5, 0.6) is 0 Å². The van der Waals surface area contributed by atoms with E-state index in [1.54, 1.807) is 30.3 Å². The van der Waals surface area contributed by atoms with Crippen LogP contribution in [0.1, 0.15) is 17.3 Å². The molecular formula is C16H16O7. The van der Waals surface area contributed by atoms with Crippen molar-refractivity contribution in [1.82, 2.24) is 0 Å². The molecule has 2 bridgehead atoms. The summed E-state index contributed by atoms with van der Waals surface area (Å²) in [5.41, 5.74) is -2.54. The van der Waals surface area contributed by atoms with Crippen molar-refractivity contribution in [3.63, 3.8) is 0 Å². The highest BCUT2D eigenvalue weighted by molar-refractivity contribution is 5.97. The van der Waals surface area contributed by atoms with Crippen LogP contribution in [0.4, 0.5) is 0 Å². The Labute approximate surface area is 131 Å². The first-order valence-electron chi connectivity index (χ1n) is 7.34. The number of ketones is 1. The Morgan fingerprint density at radius 2 is 1.91 bits per heavy atom. The highest BCUT2D eigenvalue weighted by Gasteiger charge is 2.90. The Bertz CT molecular complexity index is 694. The second kappa shape index (κ2) is 4.18.